The third-order valence-corrected chi connectivity index (χ3v) is 4.17. The van der Waals surface area contributed by atoms with Crippen LogP contribution in [0.1, 0.15) is 15.9 Å². The SMILES string of the molecule is N#CCOc1cccc(CNC(=O)c2ccc(Oc3cccc(Br)c3)nc2)c1. The van der Waals surface area contributed by atoms with Gasteiger partial charge in [-0.3, -0.25) is 4.79 Å². The van der Waals surface area contributed by atoms with Crippen molar-refractivity contribution in [3.05, 3.63) is 82.5 Å². The van der Waals surface area contributed by atoms with E-state index in [-0.39, 0.29) is 12.5 Å². The number of amides is 1. The molecular formula is C21H16BrN3O3. The highest BCUT2D eigenvalue weighted by Gasteiger charge is 2.08. The maximum absolute atomic E-state index is 12.3. The smallest absolute Gasteiger partial charge is 0.253 e. The summed E-state index contributed by atoms with van der Waals surface area (Å²) in [5.74, 6) is 1.39. The molecule has 1 heterocycles. The Labute approximate surface area is 170 Å². The van der Waals surface area contributed by atoms with E-state index in [4.69, 9.17) is 14.7 Å². The summed E-state index contributed by atoms with van der Waals surface area (Å²) in [4.78, 5) is 16.5. The zero-order valence-electron chi connectivity index (χ0n) is 14.8. The molecule has 140 valence electrons. The van der Waals surface area contributed by atoms with Crippen LogP contribution in [-0.4, -0.2) is 17.5 Å². The number of hydrogen-bond acceptors (Lipinski definition) is 5. The van der Waals surface area contributed by atoms with Gasteiger partial charge < -0.3 is 14.8 Å². The summed E-state index contributed by atoms with van der Waals surface area (Å²) in [6, 6.07) is 19.9. The van der Waals surface area contributed by atoms with E-state index >= 15 is 0 Å². The molecule has 1 aromatic heterocycles. The number of nitriles is 1. The highest BCUT2D eigenvalue weighted by Crippen LogP contribution is 2.23. The average Bonchev–Trinajstić information content (AvgIpc) is 2.71. The van der Waals surface area contributed by atoms with Crippen LogP contribution in [0.25, 0.3) is 0 Å². The summed E-state index contributed by atoms with van der Waals surface area (Å²) < 4.78 is 11.8. The first kappa shape index (κ1) is 19.4. The summed E-state index contributed by atoms with van der Waals surface area (Å²) in [7, 11) is 0. The van der Waals surface area contributed by atoms with Crippen molar-refractivity contribution in [2.75, 3.05) is 6.61 Å². The van der Waals surface area contributed by atoms with Gasteiger partial charge in [-0.1, -0.05) is 34.1 Å². The molecule has 7 heteroatoms. The molecule has 6 nitrogen and oxygen atoms in total. The van der Waals surface area contributed by atoms with Gasteiger partial charge in [0, 0.05) is 23.3 Å². The first-order valence-corrected chi connectivity index (χ1v) is 9.20. The number of benzene rings is 2. The van der Waals surface area contributed by atoms with Crippen molar-refractivity contribution in [2.24, 2.45) is 0 Å². The quantitative estimate of drug-likeness (QED) is 0.589. The largest absolute Gasteiger partial charge is 0.479 e. The van der Waals surface area contributed by atoms with Crippen molar-refractivity contribution in [1.82, 2.24) is 10.3 Å². The van der Waals surface area contributed by atoms with Crippen LogP contribution in [0.3, 0.4) is 0 Å². The first-order chi connectivity index (χ1) is 13.6. The summed E-state index contributed by atoms with van der Waals surface area (Å²) >= 11 is 3.38. The summed E-state index contributed by atoms with van der Waals surface area (Å²) in [6.45, 7) is 0.314. The summed E-state index contributed by atoms with van der Waals surface area (Å²) in [6.07, 6.45) is 1.47. The molecule has 3 rings (SSSR count). The van der Waals surface area contributed by atoms with Gasteiger partial charge >= 0.3 is 0 Å². The molecule has 0 aliphatic rings. The molecule has 2 aromatic carbocycles. The number of pyridine rings is 1. The van der Waals surface area contributed by atoms with E-state index in [1.165, 1.54) is 6.20 Å². The van der Waals surface area contributed by atoms with Crippen LogP contribution in [0.5, 0.6) is 17.4 Å². The number of rotatable bonds is 7. The number of nitrogens with one attached hydrogen (secondary N) is 1. The van der Waals surface area contributed by atoms with Crippen molar-refractivity contribution in [2.45, 2.75) is 6.54 Å². The van der Waals surface area contributed by atoms with Crippen LogP contribution >= 0.6 is 15.9 Å². The Balaban J connectivity index is 1.57. The van der Waals surface area contributed by atoms with E-state index in [1.807, 2.05) is 42.5 Å². The van der Waals surface area contributed by atoms with Gasteiger partial charge in [-0.25, -0.2) is 4.98 Å². The fourth-order valence-corrected chi connectivity index (χ4v) is 2.75. The van der Waals surface area contributed by atoms with Gasteiger partial charge in [0.2, 0.25) is 5.88 Å². The fraction of sp³-hybridized carbons (Fsp3) is 0.0952. The van der Waals surface area contributed by atoms with Crippen molar-refractivity contribution >= 4 is 21.8 Å². The molecule has 0 saturated carbocycles. The minimum atomic E-state index is -0.246. The van der Waals surface area contributed by atoms with Crippen molar-refractivity contribution in [3.8, 4) is 23.4 Å². The van der Waals surface area contributed by atoms with Crippen LogP contribution in [0, 0.1) is 11.3 Å². The van der Waals surface area contributed by atoms with Crippen molar-refractivity contribution in [1.29, 1.82) is 5.26 Å². The van der Waals surface area contributed by atoms with Crippen LogP contribution in [0.4, 0.5) is 0 Å². The van der Waals surface area contributed by atoms with Crippen LogP contribution in [0.15, 0.2) is 71.3 Å². The molecule has 0 unspecified atom stereocenters. The Hall–Kier alpha value is -3.37. The van der Waals surface area contributed by atoms with E-state index in [0.717, 1.165) is 10.0 Å². The average molecular weight is 438 g/mol. The Morgan fingerprint density at radius 1 is 1.11 bits per heavy atom. The van der Waals surface area contributed by atoms with Crippen LogP contribution in [0.2, 0.25) is 0 Å². The number of carbonyl (C=O) groups excluding carboxylic acids is 1. The van der Waals surface area contributed by atoms with Gasteiger partial charge in [-0.15, -0.1) is 0 Å². The summed E-state index contributed by atoms with van der Waals surface area (Å²) in [5.41, 5.74) is 1.30. The van der Waals surface area contributed by atoms with Crippen molar-refractivity contribution < 1.29 is 14.3 Å². The molecule has 0 radical (unpaired) electrons. The molecule has 1 amide bonds. The molecule has 1 N–H and O–H groups in total. The van der Waals surface area contributed by atoms with E-state index < -0.39 is 0 Å². The van der Waals surface area contributed by atoms with E-state index in [0.29, 0.717) is 29.5 Å². The third kappa shape index (κ3) is 5.56. The third-order valence-electron chi connectivity index (χ3n) is 3.67. The fourth-order valence-electron chi connectivity index (χ4n) is 2.37. The predicted molar refractivity (Wildman–Crippen MR) is 107 cm³/mol. The first-order valence-electron chi connectivity index (χ1n) is 8.40. The Bertz CT molecular complexity index is 1000. The number of hydrogen-bond donors (Lipinski definition) is 1. The molecule has 0 spiro atoms. The number of carbonyl (C=O) groups is 1. The van der Waals surface area contributed by atoms with Crippen molar-refractivity contribution in [3.63, 3.8) is 0 Å². The molecule has 28 heavy (non-hydrogen) atoms. The molecule has 0 bridgehead atoms. The number of aromatic nitrogens is 1. The van der Waals surface area contributed by atoms with Crippen LogP contribution in [-0.2, 0) is 6.54 Å². The lowest BCUT2D eigenvalue weighted by molar-refractivity contribution is 0.0950. The highest BCUT2D eigenvalue weighted by molar-refractivity contribution is 9.10. The lowest BCUT2D eigenvalue weighted by atomic mass is 10.2. The normalized spacial score (nSPS) is 10.0. The minimum Gasteiger partial charge on any atom is -0.479 e. The Morgan fingerprint density at radius 3 is 2.68 bits per heavy atom. The van der Waals surface area contributed by atoms with Gasteiger partial charge in [0.25, 0.3) is 5.91 Å². The number of halogens is 1. The van der Waals surface area contributed by atoms with Gasteiger partial charge in [-0.05, 0) is 42.0 Å². The molecule has 0 atom stereocenters. The molecule has 0 saturated heterocycles. The second-order valence-electron chi connectivity index (χ2n) is 5.72. The van der Waals surface area contributed by atoms with Crippen LogP contribution < -0.4 is 14.8 Å². The lowest BCUT2D eigenvalue weighted by Gasteiger charge is -2.08. The van der Waals surface area contributed by atoms with E-state index in [1.54, 1.807) is 24.3 Å². The molecule has 0 aliphatic carbocycles. The van der Waals surface area contributed by atoms with Gasteiger partial charge in [0.1, 0.15) is 17.6 Å². The van der Waals surface area contributed by atoms with Gasteiger partial charge in [0.05, 0.1) is 5.56 Å². The molecule has 3 aromatic rings. The molecular weight excluding hydrogens is 422 g/mol. The maximum Gasteiger partial charge on any atom is 0.253 e. The Kier molecular flexibility index (Phi) is 6.60. The van der Waals surface area contributed by atoms with Gasteiger partial charge in [-0.2, -0.15) is 5.26 Å². The topological polar surface area (TPSA) is 84.2 Å². The number of nitrogens with zero attached hydrogens (tertiary/aromatic N) is 2. The van der Waals surface area contributed by atoms with Gasteiger partial charge in [0.15, 0.2) is 6.61 Å². The highest BCUT2D eigenvalue weighted by atomic mass is 79.9. The molecule has 0 aliphatic heterocycles. The maximum atomic E-state index is 12.3. The second-order valence-corrected chi connectivity index (χ2v) is 6.64. The minimum absolute atomic E-state index is 0.0180. The number of ether oxygens (including phenoxy) is 2. The standard InChI is InChI=1S/C21H16BrN3O3/c22-17-4-2-6-19(12-17)28-20-8-7-16(14-24-20)21(26)25-13-15-3-1-5-18(11-15)27-10-9-23/h1-8,11-12,14H,10,13H2,(H,25,26). The zero-order chi connectivity index (χ0) is 19.8. The molecule has 0 fully saturated rings. The van der Waals surface area contributed by atoms with E-state index in [2.05, 4.69) is 26.2 Å². The monoisotopic (exact) mass is 437 g/mol. The lowest BCUT2D eigenvalue weighted by Crippen LogP contribution is -2.22. The summed E-state index contributed by atoms with van der Waals surface area (Å²) in [5, 5.41) is 11.4. The Morgan fingerprint density at radius 2 is 1.93 bits per heavy atom. The zero-order valence-corrected chi connectivity index (χ0v) is 16.3. The second kappa shape index (κ2) is 9.53. The van der Waals surface area contributed by atoms with E-state index in [9.17, 15) is 4.79 Å². The predicted octanol–water partition coefficient (Wildman–Crippen LogP) is 4.47.